The Hall–Kier alpha value is -1.37. The van der Waals surface area contributed by atoms with E-state index in [1.807, 2.05) is 0 Å². The Kier molecular flexibility index (Phi) is 4.57. The van der Waals surface area contributed by atoms with Gasteiger partial charge in [0, 0.05) is 12.6 Å². The molecule has 1 aromatic carbocycles. The molecule has 0 radical (unpaired) electrons. The van der Waals surface area contributed by atoms with E-state index in [-0.39, 0.29) is 0 Å². The van der Waals surface area contributed by atoms with E-state index in [1.54, 1.807) is 0 Å². The summed E-state index contributed by atoms with van der Waals surface area (Å²) in [5.41, 5.74) is 6.81. The first kappa shape index (κ1) is 14.0. The van der Waals surface area contributed by atoms with Crippen LogP contribution in [0.25, 0.3) is 0 Å². The highest BCUT2D eigenvalue weighted by molar-refractivity contribution is 5.15. The van der Waals surface area contributed by atoms with Crippen LogP contribution in [0.5, 0.6) is 0 Å². The molecular formula is C16H23N3. The zero-order valence-corrected chi connectivity index (χ0v) is 11.7. The molecule has 1 aliphatic carbocycles. The minimum absolute atomic E-state index is 0.565. The minimum Gasteiger partial charge on any atom is -0.313 e. The second-order valence-corrected chi connectivity index (χ2v) is 5.55. The van der Waals surface area contributed by atoms with Crippen LogP contribution in [0, 0.1) is 11.3 Å². The largest absolute Gasteiger partial charge is 0.313 e. The summed E-state index contributed by atoms with van der Waals surface area (Å²) in [6, 6.07) is 13.4. The maximum absolute atomic E-state index is 9.08. The number of nitriles is 1. The van der Waals surface area contributed by atoms with Gasteiger partial charge in [0.1, 0.15) is 5.54 Å². The van der Waals surface area contributed by atoms with Gasteiger partial charge in [-0.25, -0.2) is 0 Å². The molecule has 0 heterocycles. The Morgan fingerprint density at radius 3 is 2.47 bits per heavy atom. The van der Waals surface area contributed by atoms with E-state index in [0.29, 0.717) is 6.04 Å². The van der Waals surface area contributed by atoms with Gasteiger partial charge in [0.25, 0.3) is 0 Å². The molecule has 0 unspecified atom stereocenters. The van der Waals surface area contributed by atoms with Crippen molar-refractivity contribution in [2.24, 2.45) is 5.73 Å². The lowest BCUT2D eigenvalue weighted by molar-refractivity contribution is 0.137. The van der Waals surface area contributed by atoms with Gasteiger partial charge in [0.15, 0.2) is 0 Å². The average Bonchev–Trinajstić information content (AvgIpc) is 2.47. The molecule has 19 heavy (non-hydrogen) atoms. The molecule has 0 aliphatic heterocycles. The lowest BCUT2D eigenvalue weighted by Crippen LogP contribution is -2.47. The molecule has 3 heteroatoms. The number of hydrogen-bond acceptors (Lipinski definition) is 3. The summed E-state index contributed by atoms with van der Waals surface area (Å²) in [6.45, 7) is 4.24. The maximum Gasteiger partial charge on any atom is 0.104 e. The van der Waals surface area contributed by atoms with E-state index >= 15 is 0 Å². The average molecular weight is 257 g/mol. The van der Waals surface area contributed by atoms with Gasteiger partial charge in [0.05, 0.1) is 6.07 Å². The van der Waals surface area contributed by atoms with E-state index < -0.39 is 5.54 Å². The number of nitrogens with two attached hydrogens (primary N) is 1. The van der Waals surface area contributed by atoms with Crippen molar-refractivity contribution in [1.29, 1.82) is 5.26 Å². The lowest BCUT2D eigenvalue weighted by atomic mass is 9.80. The number of hydrogen-bond donors (Lipinski definition) is 1. The first-order valence-corrected chi connectivity index (χ1v) is 7.15. The Morgan fingerprint density at radius 2 is 1.95 bits per heavy atom. The molecule has 2 rings (SSSR count). The first-order valence-electron chi connectivity index (χ1n) is 7.15. The molecule has 1 aliphatic rings. The van der Waals surface area contributed by atoms with Gasteiger partial charge >= 0.3 is 0 Å². The molecule has 3 nitrogen and oxygen atoms in total. The monoisotopic (exact) mass is 257 g/mol. The molecule has 0 atom stereocenters. The van der Waals surface area contributed by atoms with Crippen LogP contribution in [0.2, 0.25) is 0 Å². The minimum atomic E-state index is -0.581. The number of benzene rings is 1. The molecule has 0 bridgehead atoms. The molecule has 0 amide bonds. The van der Waals surface area contributed by atoms with E-state index in [1.165, 1.54) is 5.56 Å². The van der Waals surface area contributed by atoms with Crippen molar-refractivity contribution in [3.8, 4) is 6.07 Å². The van der Waals surface area contributed by atoms with Crippen molar-refractivity contribution in [3.63, 3.8) is 0 Å². The summed E-state index contributed by atoms with van der Waals surface area (Å²) < 4.78 is 0. The van der Waals surface area contributed by atoms with Crippen LogP contribution < -0.4 is 5.73 Å². The number of rotatable bonds is 4. The van der Waals surface area contributed by atoms with Crippen LogP contribution >= 0.6 is 0 Å². The van der Waals surface area contributed by atoms with Gasteiger partial charge in [-0.1, -0.05) is 37.3 Å². The zero-order valence-electron chi connectivity index (χ0n) is 11.7. The third-order valence-corrected chi connectivity index (χ3v) is 4.22. The van der Waals surface area contributed by atoms with Crippen molar-refractivity contribution in [2.75, 3.05) is 6.54 Å². The predicted molar refractivity (Wildman–Crippen MR) is 77.3 cm³/mol. The molecule has 1 fully saturated rings. The summed E-state index contributed by atoms with van der Waals surface area (Å²) in [7, 11) is 0. The van der Waals surface area contributed by atoms with Crippen LogP contribution in [-0.2, 0) is 6.54 Å². The van der Waals surface area contributed by atoms with Gasteiger partial charge in [0.2, 0.25) is 0 Å². The van der Waals surface area contributed by atoms with Crippen LogP contribution in [0.4, 0.5) is 0 Å². The van der Waals surface area contributed by atoms with Gasteiger partial charge in [-0.05, 0) is 37.8 Å². The van der Waals surface area contributed by atoms with Crippen LogP contribution in [-0.4, -0.2) is 23.0 Å². The Labute approximate surface area is 116 Å². The molecule has 0 aromatic heterocycles. The Bertz CT molecular complexity index is 427. The SMILES string of the molecule is CCN(Cc1ccccc1)C1CCC(N)(C#N)CC1. The molecule has 0 saturated heterocycles. The van der Waals surface area contributed by atoms with Gasteiger partial charge in [-0.2, -0.15) is 5.26 Å². The van der Waals surface area contributed by atoms with Crippen molar-refractivity contribution in [3.05, 3.63) is 35.9 Å². The smallest absolute Gasteiger partial charge is 0.104 e. The zero-order chi connectivity index (χ0) is 13.7. The molecular weight excluding hydrogens is 234 g/mol. The van der Waals surface area contributed by atoms with Crippen molar-refractivity contribution >= 4 is 0 Å². The maximum atomic E-state index is 9.08. The molecule has 102 valence electrons. The topological polar surface area (TPSA) is 53.0 Å². The van der Waals surface area contributed by atoms with E-state index in [2.05, 4.69) is 48.2 Å². The molecule has 2 N–H and O–H groups in total. The molecule has 1 saturated carbocycles. The van der Waals surface area contributed by atoms with Crippen LogP contribution in [0.1, 0.15) is 38.2 Å². The standard InChI is InChI=1S/C16H23N3/c1-2-19(12-14-6-4-3-5-7-14)15-8-10-16(18,13-17)11-9-15/h3-7,15H,2,8-12,18H2,1H3. The third kappa shape index (κ3) is 3.56. The van der Waals surface area contributed by atoms with E-state index in [9.17, 15) is 0 Å². The summed E-state index contributed by atoms with van der Waals surface area (Å²) in [5, 5.41) is 9.08. The Balaban J connectivity index is 1.95. The normalized spacial score (nSPS) is 27.2. The highest BCUT2D eigenvalue weighted by Crippen LogP contribution is 2.29. The first-order chi connectivity index (χ1) is 9.17. The van der Waals surface area contributed by atoms with Gasteiger partial charge in [-0.15, -0.1) is 0 Å². The van der Waals surface area contributed by atoms with E-state index in [0.717, 1.165) is 38.8 Å². The summed E-state index contributed by atoms with van der Waals surface area (Å²) in [6.07, 6.45) is 3.70. The predicted octanol–water partition coefficient (Wildman–Crippen LogP) is 2.67. The highest BCUT2D eigenvalue weighted by atomic mass is 15.1. The summed E-state index contributed by atoms with van der Waals surface area (Å²) in [5.74, 6) is 0. The quantitative estimate of drug-likeness (QED) is 0.902. The lowest BCUT2D eigenvalue weighted by Gasteiger charge is -2.38. The summed E-state index contributed by atoms with van der Waals surface area (Å²) in [4.78, 5) is 2.51. The fourth-order valence-electron chi connectivity index (χ4n) is 2.91. The fourth-order valence-corrected chi connectivity index (χ4v) is 2.91. The Morgan fingerprint density at radius 1 is 1.32 bits per heavy atom. The summed E-state index contributed by atoms with van der Waals surface area (Å²) >= 11 is 0. The van der Waals surface area contributed by atoms with Crippen molar-refractivity contribution in [2.45, 2.75) is 50.7 Å². The van der Waals surface area contributed by atoms with Crippen LogP contribution in [0.3, 0.4) is 0 Å². The van der Waals surface area contributed by atoms with Crippen molar-refractivity contribution < 1.29 is 0 Å². The van der Waals surface area contributed by atoms with Gasteiger partial charge in [-0.3, -0.25) is 4.90 Å². The third-order valence-electron chi connectivity index (χ3n) is 4.22. The highest BCUT2D eigenvalue weighted by Gasteiger charge is 2.33. The van der Waals surface area contributed by atoms with E-state index in [4.69, 9.17) is 11.0 Å². The molecule has 1 aromatic rings. The second-order valence-electron chi connectivity index (χ2n) is 5.55. The second kappa shape index (κ2) is 6.18. The molecule has 0 spiro atoms. The van der Waals surface area contributed by atoms with Gasteiger partial charge < -0.3 is 5.73 Å². The van der Waals surface area contributed by atoms with Crippen molar-refractivity contribution in [1.82, 2.24) is 4.90 Å². The van der Waals surface area contributed by atoms with Crippen LogP contribution in [0.15, 0.2) is 30.3 Å². The fraction of sp³-hybridized carbons (Fsp3) is 0.562. The number of nitrogens with zero attached hydrogens (tertiary/aromatic N) is 2.